The second-order valence-corrected chi connectivity index (χ2v) is 11.9. The fourth-order valence-electron chi connectivity index (χ4n) is 6.27. The van der Waals surface area contributed by atoms with Gasteiger partial charge in [0.15, 0.2) is 11.7 Å². The SMILES string of the molecule is N=C(/N=C(\NN1c2cccc(c2)N(c2ccccc2)c2cccc(c2)N(c2ccccc2)c2cccc1c2)c1ccccc1)c1ccccc1. The van der Waals surface area contributed by atoms with Crippen LogP contribution in [0.1, 0.15) is 11.1 Å². The molecule has 0 aliphatic carbocycles. The van der Waals surface area contributed by atoms with Crippen molar-refractivity contribution < 1.29 is 0 Å². The number of anilines is 8. The first-order valence-corrected chi connectivity index (χ1v) is 16.6. The van der Waals surface area contributed by atoms with Crippen LogP contribution in [0.4, 0.5) is 45.5 Å². The summed E-state index contributed by atoms with van der Waals surface area (Å²) in [6.07, 6.45) is 0. The van der Waals surface area contributed by atoms with Crippen molar-refractivity contribution in [1.82, 2.24) is 5.43 Å². The molecule has 50 heavy (non-hydrogen) atoms. The number of para-hydroxylation sites is 2. The highest BCUT2D eigenvalue weighted by atomic mass is 15.5. The maximum atomic E-state index is 8.96. The van der Waals surface area contributed by atoms with Gasteiger partial charge in [0.05, 0.1) is 11.4 Å². The largest absolute Gasteiger partial charge is 0.310 e. The molecule has 0 spiro atoms. The molecule has 1 aliphatic heterocycles. The molecule has 0 unspecified atom stereocenters. The van der Waals surface area contributed by atoms with E-state index in [1.807, 2.05) is 72.8 Å². The summed E-state index contributed by atoms with van der Waals surface area (Å²) in [6, 6.07) is 66.1. The number of rotatable bonds is 5. The summed E-state index contributed by atoms with van der Waals surface area (Å²) in [6.45, 7) is 0. The summed E-state index contributed by atoms with van der Waals surface area (Å²) in [5.41, 5.74) is 13.2. The first-order chi connectivity index (χ1) is 24.7. The van der Waals surface area contributed by atoms with Gasteiger partial charge in [0.25, 0.3) is 0 Å². The summed E-state index contributed by atoms with van der Waals surface area (Å²) in [7, 11) is 0. The minimum absolute atomic E-state index is 0.165. The normalized spacial score (nSPS) is 12.5. The molecule has 2 N–H and O–H groups in total. The van der Waals surface area contributed by atoms with Crippen molar-refractivity contribution >= 4 is 57.2 Å². The standard InChI is InChI=1S/C44H34N6/c45-43(33-16-5-1-6-17-33)46-44(34-18-7-2-8-19-34)47-50-41-28-14-26-39(31-41)48(35-20-9-3-10-21-35)37-24-13-25-38(30-37)49(36-22-11-4-12-23-36)40-27-15-29-42(50)32-40/h1-32H,(H2,45,46,47). The third kappa shape index (κ3) is 6.21. The van der Waals surface area contributed by atoms with Crippen LogP contribution in [-0.2, 0) is 0 Å². The Morgan fingerprint density at radius 2 is 0.720 bits per heavy atom. The lowest BCUT2D eigenvalue weighted by molar-refractivity contribution is 0.931. The Morgan fingerprint density at radius 1 is 0.380 bits per heavy atom. The molecule has 0 saturated carbocycles. The third-order valence-corrected chi connectivity index (χ3v) is 8.60. The van der Waals surface area contributed by atoms with E-state index in [-0.39, 0.29) is 5.84 Å². The van der Waals surface area contributed by atoms with E-state index in [0.29, 0.717) is 5.84 Å². The van der Waals surface area contributed by atoms with Crippen molar-refractivity contribution in [1.29, 1.82) is 5.41 Å². The summed E-state index contributed by atoms with van der Waals surface area (Å²) in [5.74, 6) is 0.713. The van der Waals surface area contributed by atoms with Gasteiger partial charge < -0.3 is 9.80 Å². The van der Waals surface area contributed by atoms with E-state index >= 15 is 0 Å². The number of amidine groups is 2. The molecule has 0 fully saturated rings. The van der Waals surface area contributed by atoms with E-state index < -0.39 is 0 Å². The zero-order valence-corrected chi connectivity index (χ0v) is 27.3. The van der Waals surface area contributed by atoms with E-state index in [2.05, 4.69) is 142 Å². The lowest BCUT2D eigenvalue weighted by Crippen LogP contribution is -2.40. The first kappa shape index (κ1) is 30.4. The zero-order valence-electron chi connectivity index (χ0n) is 27.3. The number of nitrogens with zero attached hydrogens (tertiary/aromatic N) is 4. The fourth-order valence-corrected chi connectivity index (χ4v) is 6.27. The molecule has 0 atom stereocenters. The molecule has 6 bridgehead atoms. The van der Waals surface area contributed by atoms with Crippen molar-refractivity contribution in [2.24, 2.45) is 4.99 Å². The molecule has 1 heterocycles. The maximum Gasteiger partial charge on any atom is 0.154 e. The quantitative estimate of drug-likeness (QED) is 0.144. The number of aliphatic imine (C=N–C) groups is 1. The fraction of sp³-hybridized carbons (Fsp3) is 0. The smallest absolute Gasteiger partial charge is 0.154 e. The van der Waals surface area contributed by atoms with Gasteiger partial charge in [-0.05, 0) is 78.9 Å². The Bertz CT molecular complexity index is 2170. The van der Waals surface area contributed by atoms with Crippen molar-refractivity contribution in [2.45, 2.75) is 0 Å². The van der Waals surface area contributed by atoms with Crippen LogP contribution >= 0.6 is 0 Å². The van der Waals surface area contributed by atoms with Gasteiger partial charge in [-0.25, -0.2) is 4.99 Å². The number of fused-ring (bicyclic) bond motifs is 6. The van der Waals surface area contributed by atoms with Crippen LogP contribution in [0.2, 0.25) is 0 Å². The van der Waals surface area contributed by atoms with Crippen molar-refractivity contribution in [3.63, 3.8) is 0 Å². The Morgan fingerprint density at radius 3 is 1.16 bits per heavy atom. The average Bonchev–Trinajstić information content (AvgIpc) is 3.18. The number of nitrogens with one attached hydrogen (secondary N) is 2. The maximum absolute atomic E-state index is 8.96. The van der Waals surface area contributed by atoms with Gasteiger partial charge in [-0.15, -0.1) is 0 Å². The summed E-state index contributed by atoms with van der Waals surface area (Å²) in [5, 5.41) is 11.0. The van der Waals surface area contributed by atoms with Crippen LogP contribution in [0.25, 0.3) is 0 Å². The van der Waals surface area contributed by atoms with Gasteiger partial charge in [-0.3, -0.25) is 15.8 Å². The summed E-state index contributed by atoms with van der Waals surface area (Å²) < 4.78 is 0. The van der Waals surface area contributed by atoms with Gasteiger partial charge >= 0.3 is 0 Å². The van der Waals surface area contributed by atoms with Crippen molar-refractivity contribution in [2.75, 3.05) is 14.8 Å². The molecule has 7 aromatic rings. The van der Waals surface area contributed by atoms with Crippen LogP contribution in [0, 0.1) is 5.41 Å². The highest BCUT2D eigenvalue weighted by Crippen LogP contribution is 2.43. The van der Waals surface area contributed by atoms with Crippen LogP contribution in [0.3, 0.4) is 0 Å². The number of benzene rings is 7. The first-order valence-electron chi connectivity index (χ1n) is 16.6. The number of hydrazine groups is 1. The Balaban J connectivity index is 1.35. The van der Waals surface area contributed by atoms with E-state index in [1.165, 1.54) is 0 Å². The molecule has 8 rings (SSSR count). The van der Waals surface area contributed by atoms with E-state index in [0.717, 1.165) is 56.6 Å². The monoisotopic (exact) mass is 646 g/mol. The second-order valence-electron chi connectivity index (χ2n) is 11.9. The van der Waals surface area contributed by atoms with Gasteiger partial charge in [0.1, 0.15) is 0 Å². The minimum atomic E-state index is 0.165. The van der Waals surface area contributed by atoms with E-state index in [1.54, 1.807) is 0 Å². The van der Waals surface area contributed by atoms with E-state index in [9.17, 15) is 0 Å². The van der Waals surface area contributed by atoms with Gasteiger partial charge in [0, 0.05) is 45.3 Å². The van der Waals surface area contributed by atoms with Crippen molar-refractivity contribution in [3.05, 3.63) is 205 Å². The number of hydrogen-bond acceptors (Lipinski definition) is 4. The Kier molecular flexibility index (Phi) is 8.31. The molecule has 6 nitrogen and oxygen atoms in total. The second kappa shape index (κ2) is 13.7. The average molecular weight is 647 g/mol. The van der Waals surface area contributed by atoms with Gasteiger partial charge in [0.2, 0.25) is 0 Å². The van der Waals surface area contributed by atoms with Gasteiger partial charge in [-0.1, -0.05) is 115 Å². The van der Waals surface area contributed by atoms with Gasteiger partial charge in [-0.2, -0.15) is 0 Å². The molecule has 0 aromatic heterocycles. The molecular weight excluding hydrogens is 613 g/mol. The van der Waals surface area contributed by atoms with Crippen LogP contribution < -0.4 is 20.2 Å². The zero-order chi connectivity index (χ0) is 33.7. The topological polar surface area (TPSA) is 58.0 Å². The molecule has 240 valence electrons. The molecular formula is C44H34N6. The van der Waals surface area contributed by atoms with Crippen LogP contribution in [0.15, 0.2) is 199 Å². The summed E-state index contributed by atoms with van der Waals surface area (Å²) in [4.78, 5) is 9.45. The lowest BCUT2D eigenvalue weighted by Gasteiger charge is -2.33. The molecule has 0 saturated heterocycles. The van der Waals surface area contributed by atoms with Crippen molar-refractivity contribution in [3.8, 4) is 0 Å². The van der Waals surface area contributed by atoms with E-state index in [4.69, 9.17) is 10.4 Å². The molecule has 6 heteroatoms. The predicted octanol–water partition coefficient (Wildman–Crippen LogP) is 11.1. The third-order valence-electron chi connectivity index (χ3n) is 8.60. The van der Waals surface area contributed by atoms with Crippen LogP contribution in [0.5, 0.6) is 0 Å². The lowest BCUT2D eigenvalue weighted by atomic mass is 10.1. The number of hydrogen-bond donors (Lipinski definition) is 2. The molecule has 0 radical (unpaired) electrons. The Labute approximate surface area is 292 Å². The van der Waals surface area contributed by atoms with Crippen LogP contribution in [-0.4, -0.2) is 11.7 Å². The predicted molar refractivity (Wildman–Crippen MR) is 207 cm³/mol. The molecule has 1 aliphatic rings. The highest BCUT2D eigenvalue weighted by Gasteiger charge is 2.22. The Hall–Kier alpha value is -6.92. The highest BCUT2D eigenvalue weighted by molar-refractivity contribution is 6.11. The minimum Gasteiger partial charge on any atom is -0.310 e. The molecule has 0 amide bonds. The summed E-state index contributed by atoms with van der Waals surface area (Å²) >= 11 is 0. The molecule has 7 aromatic carbocycles.